The lowest BCUT2D eigenvalue weighted by molar-refractivity contribution is 0.164. The zero-order chi connectivity index (χ0) is 15.7. The Kier molecular flexibility index (Phi) is 7.34. The van der Waals surface area contributed by atoms with Gasteiger partial charge in [-0.3, -0.25) is 0 Å². The highest BCUT2D eigenvalue weighted by Crippen LogP contribution is 2.20. The molecule has 1 heterocycles. The Bertz CT molecular complexity index is 409. The van der Waals surface area contributed by atoms with E-state index < -0.39 is 8.56 Å². The first-order chi connectivity index (χ1) is 10.7. The Morgan fingerprint density at radius 3 is 2.45 bits per heavy atom. The minimum Gasteiger partial charge on any atom is -0.392 e. The summed E-state index contributed by atoms with van der Waals surface area (Å²) in [6, 6.07) is 11.5. The molecular formula is C16H29N3O2Si. The molecule has 1 aromatic carbocycles. The van der Waals surface area contributed by atoms with Crippen LogP contribution in [0, 0.1) is 0 Å². The highest BCUT2D eigenvalue weighted by atomic mass is 28.4. The van der Waals surface area contributed by atoms with Crippen molar-refractivity contribution in [3.63, 3.8) is 0 Å². The van der Waals surface area contributed by atoms with Gasteiger partial charge in [0.05, 0.1) is 13.2 Å². The highest BCUT2D eigenvalue weighted by molar-refractivity contribution is 6.66. The predicted molar refractivity (Wildman–Crippen MR) is 93.5 cm³/mol. The van der Waals surface area contributed by atoms with E-state index in [4.69, 9.17) is 14.6 Å². The fourth-order valence-electron chi connectivity index (χ4n) is 2.70. The molecule has 0 aromatic heterocycles. The smallest absolute Gasteiger partial charge is 0.335 e. The fraction of sp³-hybridized carbons (Fsp3) is 0.625. The maximum absolute atomic E-state index is 6.15. The van der Waals surface area contributed by atoms with E-state index in [-0.39, 0.29) is 0 Å². The molecule has 22 heavy (non-hydrogen) atoms. The summed E-state index contributed by atoms with van der Waals surface area (Å²) < 4.78 is 12.3. The normalized spacial score (nSPS) is 18.7. The number of para-hydroxylation sites is 1. The first-order valence-corrected chi connectivity index (χ1v) is 10.7. The third-order valence-electron chi connectivity index (χ3n) is 3.96. The van der Waals surface area contributed by atoms with E-state index in [0.717, 1.165) is 51.9 Å². The van der Waals surface area contributed by atoms with Crippen molar-refractivity contribution in [3.05, 3.63) is 30.3 Å². The van der Waals surface area contributed by atoms with Crippen molar-refractivity contribution in [2.45, 2.75) is 19.0 Å². The average Bonchev–Trinajstić information content (AvgIpc) is 2.52. The summed E-state index contributed by atoms with van der Waals surface area (Å²) in [5, 5.41) is 3.33. The van der Waals surface area contributed by atoms with Gasteiger partial charge in [0.2, 0.25) is 0 Å². The zero-order valence-electron chi connectivity index (χ0n) is 13.6. The maximum Gasteiger partial charge on any atom is 0.335 e. The number of nitrogens with two attached hydrogens (primary N) is 1. The van der Waals surface area contributed by atoms with Crippen LogP contribution in [0.2, 0.25) is 12.6 Å². The molecule has 5 nitrogen and oxygen atoms in total. The van der Waals surface area contributed by atoms with Crippen LogP contribution >= 0.6 is 0 Å². The quantitative estimate of drug-likeness (QED) is 0.589. The van der Waals surface area contributed by atoms with Crippen LogP contribution in [0.3, 0.4) is 0 Å². The molecule has 0 amide bonds. The molecule has 1 fully saturated rings. The van der Waals surface area contributed by atoms with Crippen LogP contribution in [0.25, 0.3) is 0 Å². The van der Waals surface area contributed by atoms with Crippen molar-refractivity contribution in [1.29, 1.82) is 0 Å². The lowest BCUT2D eigenvalue weighted by Gasteiger charge is -2.34. The molecule has 1 aliphatic heterocycles. The molecular weight excluding hydrogens is 294 g/mol. The van der Waals surface area contributed by atoms with Crippen LogP contribution in [-0.2, 0) is 8.85 Å². The number of hydrogen-bond donors (Lipinski definition) is 2. The molecule has 0 saturated carbocycles. The summed E-state index contributed by atoms with van der Waals surface area (Å²) in [5.41, 5.74) is 6.71. The summed E-state index contributed by atoms with van der Waals surface area (Å²) in [5.74, 6) is 0. The SMILES string of the molecule is C[Si]1(CCCNCCN)OCCN(c2ccccc2)CCO1. The van der Waals surface area contributed by atoms with Crippen molar-refractivity contribution in [1.82, 2.24) is 5.32 Å². The second kappa shape index (κ2) is 9.27. The van der Waals surface area contributed by atoms with E-state index in [1.54, 1.807) is 0 Å². The lowest BCUT2D eigenvalue weighted by Crippen LogP contribution is -2.46. The van der Waals surface area contributed by atoms with Gasteiger partial charge in [0, 0.05) is 31.9 Å². The number of nitrogens with zero attached hydrogens (tertiary/aromatic N) is 1. The minimum atomic E-state index is -2.01. The molecule has 0 aliphatic carbocycles. The highest BCUT2D eigenvalue weighted by Gasteiger charge is 2.32. The third kappa shape index (κ3) is 5.70. The molecule has 0 atom stereocenters. The molecule has 2 rings (SSSR count). The molecule has 1 aromatic rings. The molecule has 6 heteroatoms. The number of hydrogen-bond acceptors (Lipinski definition) is 5. The second-order valence-electron chi connectivity index (χ2n) is 5.80. The molecule has 0 spiro atoms. The predicted octanol–water partition coefficient (Wildman–Crippen LogP) is 1.55. The van der Waals surface area contributed by atoms with Crippen LogP contribution in [0.15, 0.2) is 30.3 Å². The Morgan fingerprint density at radius 1 is 1.14 bits per heavy atom. The van der Waals surface area contributed by atoms with Gasteiger partial charge in [-0.05, 0) is 37.7 Å². The standard InChI is InChI=1S/C16H29N3O2Si/c1-22(15-5-9-18-10-8-17)20-13-11-19(12-14-21-22)16-6-3-2-4-7-16/h2-4,6-7,18H,5,8-15,17H2,1H3. The first-order valence-electron chi connectivity index (χ1n) is 8.22. The summed E-state index contributed by atoms with van der Waals surface area (Å²) in [7, 11) is -2.01. The molecule has 0 radical (unpaired) electrons. The van der Waals surface area contributed by atoms with Gasteiger partial charge in [0.1, 0.15) is 0 Å². The minimum absolute atomic E-state index is 0.691. The molecule has 0 unspecified atom stereocenters. The molecule has 0 bridgehead atoms. The van der Waals surface area contributed by atoms with E-state index in [0.29, 0.717) is 6.54 Å². The van der Waals surface area contributed by atoms with Gasteiger partial charge in [-0.25, -0.2) is 0 Å². The fourth-order valence-corrected chi connectivity index (χ4v) is 4.94. The van der Waals surface area contributed by atoms with Crippen LogP contribution in [0.4, 0.5) is 5.69 Å². The summed E-state index contributed by atoms with van der Waals surface area (Å²) in [6.07, 6.45) is 1.09. The summed E-state index contributed by atoms with van der Waals surface area (Å²) in [6.45, 7) is 8.10. The van der Waals surface area contributed by atoms with Crippen LogP contribution < -0.4 is 16.0 Å². The summed E-state index contributed by atoms with van der Waals surface area (Å²) >= 11 is 0. The largest absolute Gasteiger partial charge is 0.392 e. The van der Waals surface area contributed by atoms with Crippen molar-refractivity contribution >= 4 is 14.2 Å². The van der Waals surface area contributed by atoms with E-state index >= 15 is 0 Å². The Hall–Kier alpha value is -0.923. The molecule has 3 N–H and O–H groups in total. The van der Waals surface area contributed by atoms with Gasteiger partial charge >= 0.3 is 8.56 Å². The van der Waals surface area contributed by atoms with E-state index in [1.165, 1.54) is 5.69 Å². The van der Waals surface area contributed by atoms with Gasteiger partial charge in [-0.2, -0.15) is 0 Å². The van der Waals surface area contributed by atoms with E-state index in [1.807, 2.05) is 6.07 Å². The van der Waals surface area contributed by atoms with E-state index in [9.17, 15) is 0 Å². The van der Waals surface area contributed by atoms with Gasteiger partial charge < -0.3 is 24.8 Å². The number of benzene rings is 1. The summed E-state index contributed by atoms with van der Waals surface area (Å²) in [4.78, 5) is 2.33. The van der Waals surface area contributed by atoms with Gasteiger partial charge in [-0.15, -0.1) is 0 Å². The Morgan fingerprint density at radius 2 is 1.82 bits per heavy atom. The van der Waals surface area contributed by atoms with Gasteiger partial charge in [-0.1, -0.05) is 18.2 Å². The van der Waals surface area contributed by atoms with Gasteiger partial charge in [0.25, 0.3) is 0 Å². The Labute approximate surface area is 135 Å². The molecule has 1 saturated heterocycles. The number of anilines is 1. The third-order valence-corrected chi connectivity index (χ3v) is 6.86. The van der Waals surface area contributed by atoms with Crippen molar-refractivity contribution in [3.8, 4) is 0 Å². The molecule has 1 aliphatic rings. The Balaban J connectivity index is 1.76. The monoisotopic (exact) mass is 323 g/mol. The van der Waals surface area contributed by atoms with Crippen LogP contribution in [0.5, 0.6) is 0 Å². The molecule has 124 valence electrons. The zero-order valence-corrected chi connectivity index (χ0v) is 14.6. The van der Waals surface area contributed by atoms with E-state index in [2.05, 4.69) is 41.0 Å². The first kappa shape index (κ1) is 17.4. The average molecular weight is 324 g/mol. The maximum atomic E-state index is 6.15. The van der Waals surface area contributed by atoms with Crippen LogP contribution in [-0.4, -0.2) is 54.5 Å². The second-order valence-corrected chi connectivity index (χ2v) is 9.14. The number of nitrogens with one attached hydrogen (secondary N) is 1. The lowest BCUT2D eigenvalue weighted by atomic mass is 10.3. The topological polar surface area (TPSA) is 59.8 Å². The van der Waals surface area contributed by atoms with Crippen molar-refractivity contribution in [2.24, 2.45) is 5.73 Å². The van der Waals surface area contributed by atoms with Gasteiger partial charge in [0.15, 0.2) is 0 Å². The van der Waals surface area contributed by atoms with Crippen LogP contribution in [0.1, 0.15) is 6.42 Å². The van der Waals surface area contributed by atoms with Crippen molar-refractivity contribution in [2.75, 3.05) is 50.8 Å². The number of rotatable bonds is 7. The van der Waals surface area contributed by atoms with Crippen molar-refractivity contribution < 1.29 is 8.85 Å².